The molecular weight excluding hydrogens is 356 g/mol. The molecule has 1 fully saturated rings. The topological polar surface area (TPSA) is 59.1 Å². The van der Waals surface area contributed by atoms with Gasteiger partial charge in [-0.05, 0) is 45.6 Å². The van der Waals surface area contributed by atoms with Crippen molar-refractivity contribution in [2.45, 2.75) is 46.1 Å². The van der Waals surface area contributed by atoms with E-state index in [1.54, 1.807) is 4.90 Å². The number of nitrogens with zero attached hydrogens (tertiary/aromatic N) is 2. The van der Waals surface area contributed by atoms with Crippen molar-refractivity contribution in [3.63, 3.8) is 0 Å². The van der Waals surface area contributed by atoms with Crippen LogP contribution in [0.1, 0.15) is 39.7 Å². The monoisotopic (exact) mass is 390 g/mol. The Morgan fingerprint density at radius 3 is 2.29 bits per heavy atom. The van der Waals surface area contributed by atoms with Gasteiger partial charge in [0.25, 0.3) is 0 Å². The zero-order valence-electron chi connectivity index (χ0n) is 17.6. The molecule has 1 aliphatic rings. The van der Waals surface area contributed by atoms with E-state index in [0.29, 0.717) is 26.1 Å². The minimum Gasteiger partial charge on any atom is -0.466 e. The van der Waals surface area contributed by atoms with Gasteiger partial charge in [0.2, 0.25) is 0 Å². The number of carbonyl (C=O) groups is 2. The molecule has 1 unspecified atom stereocenters. The summed E-state index contributed by atoms with van der Waals surface area (Å²) in [7, 11) is 0. The maximum atomic E-state index is 12.2. The van der Waals surface area contributed by atoms with Gasteiger partial charge in [-0.3, -0.25) is 9.69 Å². The third-order valence-electron chi connectivity index (χ3n) is 4.67. The highest BCUT2D eigenvalue weighted by molar-refractivity contribution is 5.69. The first-order chi connectivity index (χ1) is 13.3. The molecule has 1 atom stereocenters. The molecule has 2 rings (SSSR count). The Kier molecular flexibility index (Phi) is 8.30. The number of rotatable bonds is 7. The second-order valence-corrected chi connectivity index (χ2v) is 8.33. The summed E-state index contributed by atoms with van der Waals surface area (Å²) in [6, 6.07) is 10.2. The molecule has 1 aromatic rings. The number of ether oxygens (including phenoxy) is 2. The van der Waals surface area contributed by atoms with Gasteiger partial charge in [-0.15, -0.1) is 0 Å². The van der Waals surface area contributed by atoms with Gasteiger partial charge in [0.1, 0.15) is 5.60 Å². The number of hydrogen-bond donors (Lipinski definition) is 0. The van der Waals surface area contributed by atoms with Gasteiger partial charge in [0.05, 0.1) is 6.61 Å². The summed E-state index contributed by atoms with van der Waals surface area (Å²) in [6.45, 7) is 11.6. The zero-order chi connectivity index (χ0) is 20.6. The largest absolute Gasteiger partial charge is 0.466 e. The summed E-state index contributed by atoms with van der Waals surface area (Å²) in [5.74, 6) is 0.0466. The molecule has 0 aromatic heterocycles. The molecule has 0 saturated carbocycles. The number of hydrogen-bond acceptors (Lipinski definition) is 5. The molecule has 6 nitrogen and oxygen atoms in total. The van der Waals surface area contributed by atoms with E-state index in [-0.39, 0.29) is 18.0 Å². The summed E-state index contributed by atoms with van der Waals surface area (Å²) in [5, 5.41) is 0. The van der Waals surface area contributed by atoms with Gasteiger partial charge in [0.15, 0.2) is 0 Å². The molecule has 1 aliphatic heterocycles. The highest BCUT2D eigenvalue weighted by Gasteiger charge is 2.27. The van der Waals surface area contributed by atoms with E-state index in [2.05, 4.69) is 17.0 Å². The quantitative estimate of drug-likeness (QED) is 0.668. The van der Waals surface area contributed by atoms with E-state index in [1.807, 2.05) is 45.9 Å². The van der Waals surface area contributed by atoms with E-state index in [9.17, 15) is 9.59 Å². The van der Waals surface area contributed by atoms with Crippen molar-refractivity contribution in [1.29, 1.82) is 0 Å². The Labute approximate surface area is 168 Å². The molecule has 6 heteroatoms. The molecule has 0 bridgehead atoms. The van der Waals surface area contributed by atoms with Crippen LogP contribution in [-0.2, 0) is 20.7 Å². The molecule has 156 valence electrons. The van der Waals surface area contributed by atoms with Gasteiger partial charge in [0, 0.05) is 39.1 Å². The van der Waals surface area contributed by atoms with Crippen LogP contribution in [0.3, 0.4) is 0 Å². The summed E-state index contributed by atoms with van der Waals surface area (Å²) in [4.78, 5) is 28.4. The summed E-state index contributed by atoms with van der Waals surface area (Å²) in [5.41, 5.74) is 0.749. The van der Waals surface area contributed by atoms with Crippen LogP contribution in [0.2, 0.25) is 0 Å². The van der Waals surface area contributed by atoms with Crippen molar-refractivity contribution >= 4 is 12.1 Å². The Hall–Kier alpha value is -2.08. The summed E-state index contributed by atoms with van der Waals surface area (Å²) < 4.78 is 10.6. The van der Waals surface area contributed by atoms with Crippen LogP contribution in [0.5, 0.6) is 0 Å². The number of esters is 1. The van der Waals surface area contributed by atoms with Crippen molar-refractivity contribution in [3.05, 3.63) is 35.9 Å². The lowest BCUT2D eigenvalue weighted by Crippen LogP contribution is -2.51. The fraction of sp³-hybridized carbons (Fsp3) is 0.636. The zero-order valence-corrected chi connectivity index (χ0v) is 17.6. The van der Waals surface area contributed by atoms with Gasteiger partial charge < -0.3 is 14.4 Å². The Balaban J connectivity index is 1.89. The predicted octanol–water partition coefficient (Wildman–Crippen LogP) is 3.35. The minimum atomic E-state index is -0.478. The van der Waals surface area contributed by atoms with E-state index in [4.69, 9.17) is 9.47 Å². The van der Waals surface area contributed by atoms with E-state index in [1.165, 1.54) is 5.56 Å². The third-order valence-corrected chi connectivity index (χ3v) is 4.67. The normalized spacial score (nSPS) is 16.5. The average Bonchev–Trinajstić information content (AvgIpc) is 2.62. The van der Waals surface area contributed by atoms with Crippen molar-refractivity contribution in [3.8, 4) is 0 Å². The number of amides is 1. The van der Waals surface area contributed by atoms with Crippen molar-refractivity contribution in [2.75, 3.05) is 39.3 Å². The predicted molar refractivity (Wildman–Crippen MR) is 109 cm³/mol. The third kappa shape index (κ3) is 7.89. The molecule has 1 amide bonds. The van der Waals surface area contributed by atoms with Crippen LogP contribution < -0.4 is 0 Å². The number of piperazine rings is 1. The Bertz CT molecular complexity index is 619. The Morgan fingerprint density at radius 2 is 1.71 bits per heavy atom. The van der Waals surface area contributed by atoms with Gasteiger partial charge >= 0.3 is 12.1 Å². The number of benzene rings is 1. The maximum absolute atomic E-state index is 12.2. The maximum Gasteiger partial charge on any atom is 0.410 e. The van der Waals surface area contributed by atoms with Gasteiger partial charge in [-0.25, -0.2) is 4.79 Å². The Morgan fingerprint density at radius 1 is 1.07 bits per heavy atom. The van der Waals surface area contributed by atoms with Crippen molar-refractivity contribution < 1.29 is 19.1 Å². The number of carbonyl (C=O) groups excluding carboxylic acids is 2. The highest BCUT2D eigenvalue weighted by Crippen LogP contribution is 2.17. The fourth-order valence-corrected chi connectivity index (χ4v) is 3.41. The van der Waals surface area contributed by atoms with E-state index in [0.717, 1.165) is 26.1 Å². The van der Waals surface area contributed by atoms with Crippen LogP contribution >= 0.6 is 0 Å². The minimum absolute atomic E-state index is 0.143. The summed E-state index contributed by atoms with van der Waals surface area (Å²) >= 11 is 0. The van der Waals surface area contributed by atoms with Crippen LogP contribution in [0.4, 0.5) is 4.79 Å². The highest BCUT2D eigenvalue weighted by atomic mass is 16.6. The lowest BCUT2D eigenvalue weighted by atomic mass is 9.95. The fourth-order valence-electron chi connectivity index (χ4n) is 3.41. The molecule has 0 spiro atoms. The van der Waals surface area contributed by atoms with Crippen LogP contribution in [0, 0.1) is 5.92 Å². The SMILES string of the molecule is CCOC(=O)CC(Cc1ccccc1)CN1CCN(C(=O)OC(C)(C)C)CC1. The summed E-state index contributed by atoms with van der Waals surface area (Å²) in [6.07, 6.45) is 1.00. The standard InChI is InChI=1S/C22H34N2O4/c1-5-27-20(25)16-19(15-18-9-7-6-8-10-18)17-23-11-13-24(14-12-23)21(26)28-22(2,3)4/h6-10,19H,5,11-17H2,1-4H3. The molecule has 0 aliphatic carbocycles. The molecule has 1 aromatic carbocycles. The molecule has 0 N–H and O–H groups in total. The van der Waals surface area contributed by atoms with Gasteiger partial charge in [-0.2, -0.15) is 0 Å². The first-order valence-corrected chi connectivity index (χ1v) is 10.2. The first-order valence-electron chi connectivity index (χ1n) is 10.2. The van der Waals surface area contributed by atoms with Crippen molar-refractivity contribution in [2.24, 2.45) is 5.92 Å². The molecule has 0 radical (unpaired) electrons. The second kappa shape index (κ2) is 10.5. The lowest BCUT2D eigenvalue weighted by molar-refractivity contribution is -0.144. The molecule has 1 heterocycles. The molecular formula is C22H34N2O4. The smallest absolute Gasteiger partial charge is 0.410 e. The van der Waals surface area contributed by atoms with Crippen LogP contribution in [0.15, 0.2) is 30.3 Å². The average molecular weight is 391 g/mol. The lowest BCUT2D eigenvalue weighted by Gasteiger charge is -2.37. The van der Waals surface area contributed by atoms with E-state index < -0.39 is 5.60 Å². The van der Waals surface area contributed by atoms with Gasteiger partial charge in [-0.1, -0.05) is 30.3 Å². The molecule has 28 heavy (non-hydrogen) atoms. The second-order valence-electron chi connectivity index (χ2n) is 8.33. The van der Waals surface area contributed by atoms with Crippen LogP contribution in [0.25, 0.3) is 0 Å². The van der Waals surface area contributed by atoms with Crippen LogP contribution in [-0.4, -0.2) is 66.8 Å². The first kappa shape index (κ1) is 22.2. The van der Waals surface area contributed by atoms with Crippen molar-refractivity contribution in [1.82, 2.24) is 9.80 Å². The van der Waals surface area contributed by atoms with E-state index >= 15 is 0 Å². The molecule has 1 saturated heterocycles.